The topological polar surface area (TPSA) is 3.24 Å². The van der Waals surface area contributed by atoms with Crippen LogP contribution in [0.4, 0.5) is 0 Å². The summed E-state index contributed by atoms with van der Waals surface area (Å²) in [6, 6.07) is 0.965. The maximum atomic E-state index is 2.72. The van der Waals surface area contributed by atoms with Crippen molar-refractivity contribution in [2.45, 2.75) is 45.1 Å². The third kappa shape index (κ3) is 1.58. The van der Waals surface area contributed by atoms with E-state index in [0.717, 1.165) is 12.0 Å². The van der Waals surface area contributed by atoms with Crippen LogP contribution in [0.2, 0.25) is 0 Å². The summed E-state index contributed by atoms with van der Waals surface area (Å²) in [7, 11) is 0. The number of hydrogen-bond acceptors (Lipinski definition) is 1. The van der Waals surface area contributed by atoms with Crippen LogP contribution in [-0.4, -0.2) is 24.0 Å². The summed E-state index contributed by atoms with van der Waals surface area (Å²) >= 11 is 0. The van der Waals surface area contributed by atoms with E-state index in [9.17, 15) is 0 Å². The van der Waals surface area contributed by atoms with Crippen LogP contribution >= 0.6 is 0 Å². The van der Waals surface area contributed by atoms with Gasteiger partial charge in [0, 0.05) is 12.6 Å². The second kappa shape index (κ2) is 3.14. The fraction of sp³-hybridized carbons (Fsp3) is 1.00. The molecule has 2 aliphatic rings. The molecule has 2 saturated heterocycles. The Labute approximate surface area is 69.8 Å². The Hall–Kier alpha value is -0.0400. The standard InChI is InChI=1S/C10H19N/c1-9-7-10-5-3-2-4-6-11(10)8-9/h9-10H,2-8H2,1H3/t9?,10-/m0/s1. The molecule has 0 radical (unpaired) electrons. The summed E-state index contributed by atoms with van der Waals surface area (Å²) in [5.74, 6) is 0.970. The summed E-state index contributed by atoms with van der Waals surface area (Å²) in [5.41, 5.74) is 0. The van der Waals surface area contributed by atoms with E-state index in [1.165, 1.54) is 45.2 Å². The first-order chi connectivity index (χ1) is 5.36. The van der Waals surface area contributed by atoms with Gasteiger partial charge < -0.3 is 4.90 Å². The van der Waals surface area contributed by atoms with E-state index in [-0.39, 0.29) is 0 Å². The van der Waals surface area contributed by atoms with Gasteiger partial charge in [-0.3, -0.25) is 0 Å². The highest BCUT2D eigenvalue weighted by atomic mass is 15.2. The number of fused-ring (bicyclic) bond motifs is 1. The first-order valence-corrected chi connectivity index (χ1v) is 5.10. The molecule has 0 amide bonds. The van der Waals surface area contributed by atoms with Crippen LogP contribution in [0, 0.1) is 5.92 Å². The van der Waals surface area contributed by atoms with E-state index in [0.29, 0.717) is 0 Å². The van der Waals surface area contributed by atoms with Gasteiger partial charge in [0.25, 0.3) is 0 Å². The van der Waals surface area contributed by atoms with Crippen molar-refractivity contribution in [3.8, 4) is 0 Å². The lowest BCUT2D eigenvalue weighted by atomic mass is 10.0. The van der Waals surface area contributed by atoms with Gasteiger partial charge in [0.05, 0.1) is 0 Å². The molecule has 0 aromatic carbocycles. The minimum absolute atomic E-state index is 0.965. The molecule has 1 heteroatoms. The number of rotatable bonds is 0. The normalized spacial score (nSPS) is 40.1. The molecule has 0 aliphatic carbocycles. The Morgan fingerprint density at radius 2 is 2.09 bits per heavy atom. The molecule has 0 saturated carbocycles. The van der Waals surface area contributed by atoms with Crippen molar-refractivity contribution >= 4 is 0 Å². The third-order valence-corrected chi connectivity index (χ3v) is 3.22. The molecule has 64 valence electrons. The van der Waals surface area contributed by atoms with Gasteiger partial charge in [-0.05, 0) is 31.7 Å². The average Bonchev–Trinajstić information content (AvgIpc) is 2.17. The van der Waals surface area contributed by atoms with Crippen LogP contribution in [0.1, 0.15) is 39.0 Å². The highest BCUT2D eigenvalue weighted by molar-refractivity contribution is 4.84. The van der Waals surface area contributed by atoms with Crippen LogP contribution in [0.5, 0.6) is 0 Å². The molecule has 0 bridgehead atoms. The lowest BCUT2D eigenvalue weighted by molar-refractivity contribution is 0.258. The fourth-order valence-corrected chi connectivity index (χ4v) is 2.68. The zero-order valence-corrected chi connectivity index (χ0v) is 7.55. The lowest BCUT2D eigenvalue weighted by Crippen LogP contribution is -2.28. The highest BCUT2D eigenvalue weighted by Gasteiger charge is 2.29. The summed E-state index contributed by atoms with van der Waals surface area (Å²) in [6.45, 7) is 5.16. The van der Waals surface area contributed by atoms with Crippen molar-refractivity contribution in [3.05, 3.63) is 0 Å². The molecule has 2 heterocycles. The van der Waals surface area contributed by atoms with Gasteiger partial charge in [0.2, 0.25) is 0 Å². The Morgan fingerprint density at radius 3 is 3.00 bits per heavy atom. The smallest absolute Gasteiger partial charge is 0.00983 e. The molecule has 0 N–H and O–H groups in total. The molecule has 0 aromatic heterocycles. The molecular weight excluding hydrogens is 134 g/mol. The molecular formula is C10H19N. The largest absolute Gasteiger partial charge is 0.300 e. The Morgan fingerprint density at radius 1 is 1.18 bits per heavy atom. The second-order valence-electron chi connectivity index (χ2n) is 4.34. The van der Waals surface area contributed by atoms with E-state index < -0.39 is 0 Å². The zero-order valence-electron chi connectivity index (χ0n) is 7.55. The maximum Gasteiger partial charge on any atom is 0.00983 e. The van der Waals surface area contributed by atoms with Crippen LogP contribution < -0.4 is 0 Å². The van der Waals surface area contributed by atoms with Crippen molar-refractivity contribution in [2.75, 3.05) is 13.1 Å². The molecule has 2 atom stereocenters. The van der Waals surface area contributed by atoms with Crippen molar-refractivity contribution in [2.24, 2.45) is 5.92 Å². The van der Waals surface area contributed by atoms with Gasteiger partial charge in [0.15, 0.2) is 0 Å². The first-order valence-electron chi connectivity index (χ1n) is 5.10. The van der Waals surface area contributed by atoms with Crippen LogP contribution in [-0.2, 0) is 0 Å². The molecule has 1 unspecified atom stereocenters. The molecule has 0 aromatic rings. The molecule has 1 nitrogen and oxygen atoms in total. The molecule has 2 fully saturated rings. The molecule has 2 rings (SSSR count). The van der Waals surface area contributed by atoms with Crippen molar-refractivity contribution < 1.29 is 0 Å². The predicted molar refractivity (Wildman–Crippen MR) is 47.6 cm³/mol. The van der Waals surface area contributed by atoms with Crippen LogP contribution in [0.15, 0.2) is 0 Å². The van der Waals surface area contributed by atoms with Crippen molar-refractivity contribution in [1.29, 1.82) is 0 Å². The number of nitrogens with zero attached hydrogens (tertiary/aromatic N) is 1. The minimum atomic E-state index is 0.965. The number of hydrogen-bond donors (Lipinski definition) is 0. The first kappa shape index (κ1) is 7.60. The van der Waals surface area contributed by atoms with Gasteiger partial charge in [-0.25, -0.2) is 0 Å². The summed E-state index contributed by atoms with van der Waals surface area (Å²) < 4.78 is 0. The van der Waals surface area contributed by atoms with E-state index >= 15 is 0 Å². The Balaban J connectivity index is 1.96. The van der Waals surface area contributed by atoms with Crippen molar-refractivity contribution in [3.63, 3.8) is 0 Å². The van der Waals surface area contributed by atoms with Gasteiger partial charge in [-0.15, -0.1) is 0 Å². The van der Waals surface area contributed by atoms with E-state index in [1.54, 1.807) is 0 Å². The molecule has 11 heavy (non-hydrogen) atoms. The van der Waals surface area contributed by atoms with Gasteiger partial charge >= 0.3 is 0 Å². The van der Waals surface area contributed by atoms with Crippen LogP contribution in [0.3, 0.4) is 0 Å². The quantitative estimate of drug-likeness (QED) is 0.516. The van der Waals surface area contributed by atoms with Crippen molar-refractivity contribution in [1.82, 2.24) is 4.90 Å². The highest BCUT2D eigenvalue weighted by Crippen LogP contribution is 2.29. The monoisotopic (exact) mass is 153 g/mol. The van der Waals surface area contributed by atoms with E-state index in [1.807, 2.05) is 0 Å². The third-order valence-electron chi connectivity index (χ3n) is 3.22. The van der Waals surface area contributed by atoms with Crippen LogP contribution in [0.25, 0.3) is 0 Å². The Kier molecular flexibility index (Phi) is 2.17. The zero-order chi connectivity index (χ0) is 7.68. The summed E-state index contributed by atoms with van der Waals surface area (Å²) in [4.78, 5) is 2.72. The lowest BCUT2D eigenvalue weighted by Gasteiger charge is -2.20. The maximum absolute atomic E-state index is 2.72. The van der Waals surface area contributed by atoms with Gasteiger partial charge in [-0.1, -0.05) is 19.8 Å². The van der Waals surface area contributed by atoms with Gasteiger partial charge in [-0.2, -0.15) is 0 Å². The van der Waals surface area contributed by atoms with E-state index in [4.69, 9.17) is 0 Å². The van der Waals surface area contributed by atoms with E-state index in [2.05, 4.69) is 11.8 Å². The molecule has 2 aliphatic heterocycles. The SMILES string of the molecule is CC1C[C@@H]2CCCCCN2C1. The minimum Gasteiger partial charge on any atom is -0.300 e. The Bertz CT molecular complexity index is 119. The fourth-order valence-electron chi connectivity index (χ4n) is 2.68. The van der Waals surface area contributed by atoms with Gasteiger partial charge in [0.1, 0.15) is 0 Å². The average molecular weight is 153 g/mol. The molecule has 0 spiro atoms. The summed E-state index contributed by atoms with van der Waals surface area (Å²) in [6.07, 6.45) is 7.35. The summed E-state index contributed by atoms with van der Waals surface area (Å²) in [5, 5.41) is 0. The second-order valence-corrected chi connectivity index (χ2v) is 4.34. The predicted octanol–water partition coefficient (Wildman–Crippen LogP) is 2.27.